The van der Waals surface area contributed by atoms with Gasteiger partial charge in [0, 0.05) is 5.41 Å². The summed E-state index contributed by atoms with van der Waals surface area (Å²) < 4.78 is 0. The molecular weight excluding hydrogens is 228 g/mol. The summed E-state index contributed by atoms with van der Waals surface area (Å²) >= 11 is 0. The highest BCUT2D eigenvalue weighted by molar-refractivity contribution is 5.74. The summed E-state index contributed by atoms with van der Waals surface area (Å²) in [5.74, 6) is -0.781. The number of hydrogen-bond donors (Lipinski definition) is 2. The van der Waals surface area contributed by atoms with E-state index in [9.17, 15) is 9.90 Å². The van der Waals surface area contributed by atoms with Gasteiger partial charge >= 0.3 is 5.97 Å². The van der Waals surface area contributed by atoms with Crippen LogP contribution < -0.4 is 0 Å². The van der Waals surface area contributed by atoms with E-state index in [0.29, 0.717) is 6.42 Å². The van der Waals surface area contributed by atoms with E-state index < -0.39 is 11.4 Å². The van der Waals surface area contributed by atoms with Gasteiger partial charge in [-0.1, -0.05) is 24.3 Å². The minimum absolute atomic E-state index is 0.0522. The van der Waals surface area contributed by atoms with Crippen LogP contribution in [0.15, 0.2) is 24.3 Å². The Kier molecular flexibility index (Phi) is 3.20. The Balaban J connectivity index is 2.21. The lowest BCUT2D eigenvalue weighted by molar-refractivity contribution is -0.146. The van der Waals surface area contributed by atoms with Gasteiger partial charge in [-0.3, -0.25) is 4.79 Å². The summed E-state index contributed by atoms with van der Waals surface area (Å²) in [4.78, 5) is 11.1. The first-order valence-corrected chi connectivity index (χ1v) is 6.33. The Morgan fingerprint density at radius 1 is 1.39 bits per heavy atom. The summed E-state index contributed by atoms with van der Waals surface area (Å²) in [6.45, 7) is 3.65. The molecule has 2 rings (SSSR count). The molecule has 18 heavy (non-hydrogen) atoms. The fourth-order valence-electron chi connectivity index (χ4n) is 2.29. The van der Waals surface area contributed by atoms with Crippen LogP contribution in [0.4, 0.5) is 0 Å². The zero-order valence-corrected chi connectivity index (χ0v) is 10.9. The van der Waals surface area contributed by atoms with Crippen molar-refractivity contribution in [3.8, 4) is 0 Å². The molecule has 0 amide bonds. The van der Waals surface area contributed by atoms with Crippen molar-refractivity contribution in [3.63, 3.8) is 0 Å². The number of aliphatic hydroxyl groups excluding tert-OH is 1. The van der Waals surface area contributed by atoms with E-state index >= 15 is 0 Å². The van der Waals surface area contributed by atoms with Crippen LogP contribution in [-0.4, -0.2) is 22.8 Å². The molecule has 1 aromatic carbocycles. The first-order valence-electron chi connectivity index (χ1n) is 6.33. The van der Waals surface area contributed by atoms with Gasteiger partial charge in [0.05, 0.1) is 12.0 Å². The third kappa shape index (κ3) is 2.41. The first kappa shape index (κ1) is 13.1. The number of aliphatic carboxylic acids is 1. The fourth-order valence-corrected chi connectivity index (χ4v) is 2.29. The van der Waals surface area contributed by atoms with Crippen LogP contribution >= 0.6 is 0 Å². The lowest BCUT2D eigenvalue weighted by Crippen LogP contribution is -2.26. The monoisotopic (exact) mass is 248 g/mol. The second kappa shape index (κ2) is 4.39. The first-order chi connectivity index (χ1) is 8.39. The Morgan fingerprint density at radius 2 is 2.06 bits per heavy atom. The zero-order chi connectivity index (χ0) is 13.4. The summed E-state index contributed by atoms with van der Waals surface area (Å²) in [5, 5.41) is 18.6. The Labute approximate surface area is 107 Å². The molecule has 0 unspecified atom stereocenters. The normalized spacial score (nSPS) is 17.5. The van der Waals surface area contributed by atoms with Crippen LogP contribution in [-0.2, 0) is 16.6 Å². The van der Waals surface area contributed by atoms with E-state index in [4.69, 9.17) is 5.11 Å². The number of rotatable bonds is 5. The predicted octanol–water partition coefficient (Wildman–Crippen LogP) is 2.36. The molecule has 0 saturated heterocycles. The number of carbonyl (C=O) groups is 1. The quantitative estimate of drug-likeness (QED) is 0.841. The highest BCUT2D eigenvalue weighted by Gasteiger charge is 2.43. The van der Waals surface area contributed by atoms with Crippen molar-refractivity contribution in [1.82, 2.24) is 0 Å². The van der Waals surface area contributed by atoms with Crippen molar-refractivity contribution >= 4 is 5.97 Å². The lowest BCUT2D eigenvalue weighted by Gasteiger charge is -2.20. The number of benzene rings is 1. The van der Waals surface area contributed by atoms with Gasteiger partial charge in [0.15, 0.2) is 0 Å². The molecule has 1 aliphatic carbocycles. The second-order valence-corrected chi connectivity index (χ2v) is 6.00. The second-order valence-electron chi connectivity index (χ2n) is 6.00. The number of carboxylic acid groups (broad SMARTS) is 1. The molecule has 0 radical (unpaired) electrons. The molecule has 0 bridgehead atoms. The highest BCUT2D eigenvalue weighted by atomic mass is 16.4. The fraction of sp³-hybridized carbons (Fsp3) is 0.533. The molecule has 1 aromatic rings. The van der Waals surface area contributed by atoms with Gasteiger partial charge in [0.2, 0.25) is 0 Å². The molecule has 0 aromatic heterocycles. The molecule has 98 valence electrons. The van der Waals surface area contributed by atoms with Crippen LogP contribution in [0.5, 0.6) is 0 Å². The van der Waals surface area contributed by atoms with Crippen LogP contribution in [0, 0.1) is 5.41 Å². The minimum atomic E-state index is -0.781. The molecule has 3 nitrogen and oxygen atoms in total. The maximum Gasteiger partial charge on any atom is 0.309 e. The summed E-state index contributed by atoms with van der Waals surface area (Å²) in [6, 6.07) is 7.99. The zero-order valence-electron chi connectivity index (χ0n) is 10.9. The molecule has 1 fully saturated rings. The van der Waals surface area contributed by atoms with Crippen LogP contribution in [0.3, 0.4) is 0 Å². The van der Waals surface area contributed by atoms with Crippen LogP contribution in [0.25, 0.3) is 0 Å². The van der Waals surface area contributed by atoms with Gasteiger partial charge < -0.3 is 10.2 Å². The van der Waals surface area contributed by atoms with Crippen molar-refractivity contribution in [3.05, 3.63) is 35.4 Å². The number of carboxylic acids is 1. The third-order valence-corrected chi connectivity index (χ3v) is 3.92. The molecule has 0 atom stereocenters. The van der Waals surface area contributed by atoms with E-state index in [1.165, 1.54) is 0 Å². The van der Waals surface area contributed by atoms with Gasteiger partial charge in [-0.25, -0.2) is 0 Å². The topological polar surface area (TPSA) is 57.5 Å². The van der Waals surface area contributed by atoms with Crippen LogP contribution in [0.2, 0.25) is 0 Å². The average molecular weight is 248 g/mol. The van der Waals surface area contributed by atoms with E-state index in [-0.39, 0.29) is 12.0 Å². The SMILES string of the molecule is CC(C)(Cc1cccc(C2(CO)CC2)c1)C(=O)O. The summed E-state index contributed by atoms with van der Waals surface area (Å²) in [5.41, 5.74) is 1.36. The maximum atomic E-state index is 11.1. The standard InChI is InChI=1S/C15H20O3/c1-14(2,13(17)18)9-11-4-3-5-12(8-11)15(10-16)6-7-15/h3-5,8,16H,6-7,9-10H2,1-2H3,(H,17,18). The van der Waals surface area contributed by atoms with E-state index in [2.05, 4.69) is 0 Å². The minimum Gasteiger partial charge on any atom is -0.481 e. The molecule has 0 aliphatic heterocycles. The number of hydrogen-bond acceptors (Lipinski definition) is 2. The molecule has 2 N–H and O–H groups in total. The van der Waals surface area contributed by atoms with Crippen LogP contribution in [0.1, 0.15) is 37.8 Å². The Bertz CT molecular complexity index is 459. The van der Waals surface area contributed by atoms with Crippen molar-refractivity contribution < 1.29 is 15.0 Å². The van der Waals surface area contributed by atoms with Crippen molar-refractivity contribution in [2.45, 2.75) is 38.5 Å². The number of aliphatic hydroxyl groups is 1. The molecule has 0 spiro atoms. The van der Waals surface area contributed by atoms with Gasteiger partial charge in [0.1, 0.15) is 0 Å². The Morgan fingerprint density at radius 3 is 2.56 bits per heavy atom. The molecular formula is C15H20O3. The van der Waals surface area contributed by atoms with E-state index in [0.717, 1.165) is 24.0 Å². The van der Waals surface area contributed by atoms with Gasteiger partial charge in [-0.15, -0.1) is 0 Å². The largest absolute Gasteiger partial charge is 0.481 e. The molecule has 1 aliphatic rings. The predicted molar refractivity (Wildman–Crippen MR) is 69.6 cm³/mol. The third-order valence-electron chi connectivity index (χ3n) is 3.92. The molecule has 1 saturated carbocycles. The van der Waals surface area contributed by atoms with Crippen molar-refractivity contribution in [2.75, 3.05) is 6.61 Å². The molecule has 3 heteroatoms. The lowest BCUT2D eigenvalue weighted by atomic mass is 9.84. The van der Waals surface area contributed by atoms with Gasteiger partial charge in [-0.2, -0.15) is 0 Å². The van der Waals surface area contributed by atoms with Crippen molar-refractivity contribution in [2.24, 2.45) is 5.41 Å². The molecule has 0 heterocycles. The Hall–Kier alpha value is -1.35. The van der Waals surface area contributed by atoms with Gasteiger partial charge in [0.25, 0.3) is 0 Å². The smallest absolute Gasteiger partial charge is 0.309 e. The highest BCUT2D eigenvalue weighted by Crippen LogP contribution is 2.47. The maximum absolute atomic E-state index is 11.1. The van der Waals surface area contributed by atoms with Crippen molar-refractivity contribution in [1.29, 1.82) is 0 Å². The van der Waals surface area contributed by atoms with E-state index in [1.807, 2.05) is 24.3 Å². The summed E-state index contributed by atoms with van der Waals surface area (Å²) in [7, 11) is 0. The average Bonchev–Trinajstić information content (AvgIpc) is 3.09. The summed E-state index contributed by atoms with van der Waals surface area (Å²) in [6.07, 6.45) is 2.56. The van der Waals surface area contributed by atoms with Gasteiger partial charge in [-0.05, 0) is 44.2 Å². The van der Waals surface area contributed by atoms with E-state index in [1.54, 1.807) is 13.8 Å².